The maximum atomic E-state index is 12.6. The average molecular weight is 266 g/mol. The number of nitrogens with two attached hydrogens (primary N) is 1. The van der Waals surface area contributed by atoms with E-state index in [1.165, 1.54) is 0 Å². The van der Waals surface area contributed by atoms with Crippen molar-refractivity contribution in [1.82, 2.24) is 15.1 Å². The van der Waals surface area contributed by atoms with E-state index < -0.39 is 0 Å². The number of nitrogens with zero attached hydrogens (tertiary/aromatic N) is 2. The molecule has 3 amide bonds. The lowest BCUT2D eigenvalue weighted by molar-refractivity contribution is -0.139. The van der Waals surface area contributed by atoms with Gasteiger partial charge in [0.15, 0.2) is 0 Å². The minimum atomic E-state index is -0.00892. The van der Waals surface area contributed by atoms with E-state index in [1.54, 1.807) is 0 Å². The van der Waals surface area contributed by atoms with E-state index in [2.05, 4.69) is 5.32 Å². The Morgan fingerprint density at radius 3 is 2.84 bits per heavy atom. The van der Waals surface area contributed by atoms with E-state index in [0.29, 0.717) is 26.2 Å². The minimum Gasteiger partial charge on any atom is -0.338 e. The van der Waals surface area contributed by atoms with Gasteiger partial charge in [-0.1, -0.05) is 12.8 Å². The lowest BCUT2D eigenvalue weighted by Gasteiger charge is -2.39. The Morgan fingerprint density at radius 1 is 1.26 bits per heavy atom. The summed E-state index contributed by atoms with van der Waals surface area (Å²) in [6.45, 7) is 2.59. The number of amides is 3. The molecule has 3 rings (SSSR count). The van der Waals surface area contributed by atoms with E-state index >= 15 is 0 Å². The van der Waals surface area contributed by atoms with Gasteiger partial charge in [0.05, 0.1) is 12.0 Å². The molecule has 1 saturated carbocycles. The zero-order valence-corrected chi connectivity index (χ0v) is 11.2. The van der Waals surface area contributed by atoms with Crippen LogP contribution < -0.4 is 11.1 Å². The molecule has 3 N–H and O–H groups in total. The molecule has 3 fully saturated rings. The Morgan fingerprint density at radius 2 is 2.05 bits per heavy atom. The van der Waals surface area contributed by atoms with Gasteiger partial charge in [-0.05, 0) is 12.8 Å². The van der Waals surface area contributed by atoms with Crippen molar-refractivity contribution in [3.05, 3.63) is 0 Å². The summed E-state index contributed by atoms with van der Waals surface area (Å²) in [6.07, 6.45) is 4.12. The molecular weight excluding hydrogens is 244 g/mol. The van der Waals surface area contributed by atoms with Gasteiger partial charge < -0.3 is 20.9 Å². The maximum Gasteiger partial charge on any atom is 0.317 e. The molecule has 0 aromatic heterocycles. The monoisotopic (exact) mass is 266 g/mol. The van der Waals surface area contributed by atoms with E-state index in [0.717, 1.165) is 25.7 Å². The standard InChI is InChI=1S/C13H22N4O2/c14-11-4-2-1-3-10(11)12(18)16-5-6-17-9(8-16)7-15-13(17)19/h9-11H,1-8,14H2,(H,15,19). The Bertz CT molecular complexity index is 387. The summed E-state index contributed by atoms with van der Waals surface area (Å²) in [5, 5.41) is 2.83. The SMILES string of the molecule is NC1CCCCC1C(=O)N1CCN2C(=O)NCC2C1. The van der Waals surface area contributed by atoms with Gasteiger partial charge in [0, 0.05) is 32.2 Å². The molecule has 2 aliphatic heterocycles. The largest absolute Gasteiger partial charge is 0.338 e. The number of carbonyl (C=O) groups excluding carboxylic acids is 2. The van der Waals surface area contributed by atoms with E-state index in [-0.39, 0.29) is 29.9 Å². The Kier molecular flexibility index (Phi) is 3.35. The first-order valence-electron chi connectivity index (χ1n) is 7.25. The van der Waals surface area contributed by atoms with Crippen molar-refractivity contribution in [1.29, 1.82) is 0 Å². The number of hydrogen-bond acceptors (Lipinski definition) is 3. The highest BCUT2D eigenvalue weighted by molar-refractivity contribution is 5.81. The van der Waals surface area contributed by atoms with Crippen LogP contribution in [0.5, 0.6) is 0 Å². The smallest absolute Gasteiger partial charge is 0.317 e. The third kappa shape index (κ3) is 2.29. The van der Waals surface area contributed by atoms with Crippen molar-refractivity contribution >= 4 is 11.9 Å². The molecule has 0 aromatic rings. The number of piperazine rings is 1. The van der Waals surface area contributed by atoms with Crippen LogP contribution in [0.1, 0.15) is 25.7 Å². The fraction of sp³-hybridized carbons (Fsp3) is 0.846. The molecule has 2 saturated heterocycles. The summed E-state index contributed by atoms with van der Waals surface area (Å²) in [4.78, 5) is 27.8. The van der Waals surface area contributed by atoms with Crippen LogP contribution in [0, 0.1) is 5.92 Å². The summed E-state index contributed by atoms with van der Waals surface area (Å²) in [5.74, 6) is 0.191. The third-order valence-electron chi connectivity index (χ3n) is 4.68. The fourth-order valence-corrected chi connectivity index (χ4v) is 3.50. The first-order valence-corrected chi connectivity index (χ1v) is 7.25. The number of hydrogen-bond donors (Lipinski definition) is 2. The molecule has 2 heterocycles. The highest BCUT2D eigenvalue weighted by atomic mass is 16.2. The second-order valence-corrected chi connectivity index (χ2v) is 5.87. The number of carbonyl (C=O) groups is 2. The number of rotatable bonds is 1. The third-order valence-corrected chi connectivity index (χ3v) is 4.68. The van der Waals surface area contributed by atoms with Gasteiger partial charge in [-0.25, -0.2) is 4.79 Å². The predicted octanol–water partition coefficient (Wildman–Crippen LogP) is -0.260. The molecule has 0 radical (unpaired) electrons. The van der Waals surface area contributed by atoms with E-state index in [9.17, 15) is 9.59 Å². The van der Waals surface area contributed by atoms with Crippen molar-refractivity contribution in [3.63, 3.8) is 0 Å². The van der Waals surface area contributed by atoms with Gasteiger partial charge >= 0.3 is 6.03 Å². The second kappa shape index (κ2) is 5.00. The van der Waals surface area contributed by atoms with Crippen molar-refractivity contribution in [3.8, 4) is 0 Å². The van der Waals surface area contributed by atoms with Crippen molar-refractivity contribution < 1.29 is 9.59 Å². The van der Waals surface area contributed by atoms with Crippen molar-refractivity contribution in [2.45, 2.75) is 37.8 Å². The molecule has 106 valence electrons. The average Bonchev–Trinajstić information content (AvgIpc) is 2.80. The number of urea groups is 1. The first-order chi connectivity index (χ1) is 9.16. The number of fused-ring (bicyclic) bond motifs is 1. The molecule has 3 unspecified atom stereocenters. The summed E-state index contributed by atoms with van der Waals surface area (Å²) in [7, 11) is 0. The summed E-state index contributed by atoms with van der Waals surface area (Å²) in [6, 6.07) is 0.166. The molecule has 0 spiro atoms. The van der Waals surface area contributed by atoms with Crippen LogP contribution in [0.4, 0.5) is 4.79 Å². The minimum absolute atomic E-state index is 0.00599. The molecule has 3 aliphatic rings. The number of nitrogens with one attached hydrogen (secondary N) is 1. The maximum absolute atomic E-state index is 12.6. The summed E-state index contributed by atoms with van der Waals surface area (Å²) in [5.41, 5.74) is 6.09. The quantitative estimate of drug-likeness (QED) is 0.686. The van der Waals surface area contributed by atoms with Crippen LogP contribution in [-0.2, 0) is 4.79 Å². The van der Waals surface area contributed by atoms with E-state index in [1.807, 2.05) is 9.80 Å². The molecule has 6 heteroatoms. The van der Waals surface area contributed by atoms with Gasteiger partial charge in [-0.2, -0.15) is 0 Å². The predicted molar refractivity (Wildman–Crippen MR) is 70.4 cm³/mol. The van der Waals surface area contributed by atoms with Gasteiger partial charge in [-0.3, -0.25) is 4.79 Å². The van der Waals surface area contributed by atoms with E-state index in [4.69, 9.17) is 5.73 Å². The second-order valence-electron chi connectivity index (χ2n) is 5.87. The Hall–Kier alpha value is -1.30. The molecule has 0 bridgehead atoms. The first kappa shape index (κ1) is 12.7. The van der Waals surface area contributed by atoms with Crippen LogP contribution >= 0.6 is 0 Å². The zero-order chi connectivity index (χ0) is 13.4. The highest BCUT2D eigenvalue weighted by Crippen LogP contribution is 2.26. The lowest BCUT2D eigenvalue weighted by atomic mass is 9.84. The molecule has 3 atom stereocenters. The molecule has 0 aromatic carbocycles. The molecule has 6 nitrogen and oxygen atoms in total. The molecule has 19 heavy (non-hydrogen) atoms. The lowest BCUT2D eigenvalue weighted by Crippen LogP contribution is -2.56. The van der Waals surface area contributed by atoms with Crippen LogP contribution in [0.15, 0.2) is 0 Å². The Balaban J connectivity index is 1.63. The van der Waals surface area contributed by atoms with Gasteiger partial charge in [0.1, 0.15) is 0 Å². The molecule has 1 aliphatic carbocycles. The summed E-state index contributed by atoms with van der Waals surface area (Å²) >= 11 is 0. The van der Waals surface area contributed by atoms with Gasteiger partial charge in [-0.15, -0.1) is 0 Å². The fourth-order valence-electron chi connectivity index (χ4n) is 3.50. The van der Waals surface area contributed by atoms with Crippen LogP contribution in [-0.4, -0.2) is 60.0 Å². The van der Waals surface area contributed by atoms with Crippen LogP contribution in [0.25, 0.3) is 0 Å². The Labute approximate surface area is 113 Å². The van der Waals surface area contributed by atoms with Gasteiger partial charge in [0.2, 0.25) is 5.91 Å². The van der Waals surface area contributed by atoms with Crippen LogP contribution in [0.3, 0.4) is 0 Å². The van der Waals surface area contributed by atoms with Gasteiger partial charge in [0.25, 0.3) is 0 Å². The summed E-state index contributed by atoms with van der Waals surface area (Å²) < 4.78 is 0. The zero-order valence-electron chi connectivity index (χ0n) is 11.2. The van der Waals surface area contributed by atoms with Crippen LogP contribution in [0.2, 0.25) is 0 Å². The highest BCUT2D eigenvalue weighted by Gasteiger charge is 2.39. The topological polar surface area (TPSA) is 78.7 Å². The normalized spacial score (nSPS) is 35.0. The van der Waals surface area contributed by atoms with Crippen molar-refractivity contribution in [2.75, 3.05) is 26.2 Å². The van der Waals surface area contributed by atoms with Crippen molar-refractivity contribution in [2.24, 2.45) is 11.7 Å². The molecular formula is C13H22N4O2.